The molecule has 0 fully saturated rings. The molecule has 0 heterocycles. The smallest absolute Gasteiger partial charge is 0.245 e. The van der Waals surface area contributed by atoms with Gasteiger partial charge in [-0.05, 0) is 5.41 Å². The van der Waals surface area contributed by atoms with E-state index in [2.05, 4.69) is 21.3 Å². The van der Waals surface area contributed by atoms with Gasteiger partial charge < -0.3 is 30.7 Å². The molecule has 4 amide bonds. The van der Waals surface area contributed by atoms with E-state index in [0.29, 0.717) is 13.0 Å². The average molecular weight is 403 g/mol. The molecule has 1 atom stereocenters. The number of hydrogen-bond acceptors (Lipinski definition) is 6. The van der Waals surface area contributed by atoms with Gasteiger partial charge in [0, 0.05) is 40.1 Å². The number of carbonyl (C=O) groups excluding carboxylic acids is 4. The van der Waals surface area contributed by atoms with Crippen molar-refractivity contribution in [2.75, 3.05) is 47.0 Å². The van der Waals surface area contributed by atoms with Crippen molar-refractivity contribution in [2.45, 2.75) is 39.7 Å². The van der Waals surface area contributed by atoms with Gasteiger partial charge in [0.1, 0.15) is 6.04 Å². The van der Waals surface area contributed by atoms with Crippen LogP contribution in [-0.4, -0.2) is 76.7 Å². The van der Waals surface area contributed by atoms with Crippen LogP contribution in [0.25, 0.3) is 0 Å². The first-order chi connectivity index (χ1) is 13.6. The summed E-state index contributed by atoms with van der Waals surface area (Å²) in [5, 5.41) is 10.1. The van der Waals surface area contributed by atoms with Crippen LogP contribution in [0.15, 0.2) is 0 Å². The van der Waals surface area contributed by atoms with Gasteiger partial charge in [-0.3, -0.25) is 19.2 Å². The van der Waals surface area contributed by atoms with E-state index in [1.165, 1.54) is 7.11 Å². The zero-order chi connectivity index (χ0) is 22.3. The zero-order valence-electron chi connectivity index (χ0n) is 18.2. The highest BCUT2D eigenvalue weighted by Crippen LogP contribution is 2.17. The van der Waals surface area contributed by atoms with Gasteiger partial charge in [-0.25, -0.2) is 0 Å². The van der Waals surface area contributed by atoms with Crippen LogP contribution >= 0.6 is 0 Å². The van der Waals surface area contributed by atoms with E-state index < -0.39 is 23.8 Å². The molecule has 0 bridgehead atoms. The molecule has 162 valence electrons. The van der Waals surface area contributed by atoms with Crippen LogP contribution in [0.3, 0.4) is 0 Å². The Balaban J connectivity index is 4.24. The molecule has 0 rings (SSSR count). The quantitative estimate of drug-likeness (QED) is 0.290. The van der Waals surface area contributed by atoms with Gasteiger partial charge in [-0.15, -0.1) is 0 Å². The van der Waals surface area contributed by atoms with Gasteiger partial charge in [0.15, 0.2) is 0 Å². The van der Waals surface area contributed by atoms with Crippen LogP contribution in [0, 0.1) is 5.41 Å². The molecule has 0 aromatic carbocycles. The molecule has 1 unspecified atom stereocenters. The number of amides is 4. The number of carbonyl (C=O) groups is 4. The fraction of sp³-hybridized carbons (Fsp3) is 0.778. The molecule has 28 heavy (non-hydrogen) atoms. The normalized spacial score (nSPS) is 12.5. The molecule has 0 aliphatic heterocycles. The minimum atomic E-state index is -0.988. The molecule has 10 nitrogen and oxygen atoms in total. The van der Waals surface area contributed by atoms with E-state index in [0.717, 1.165) is 0 Å². The largest absolute Gasteiger partial charge is 0.383 e. The summed E-state index contributed by atoms with van der Waals surface area (Å²) in [6.45, 7) is 6.09. The highest BCUT2D eigenvalue weighted by Gasteiger charge is 2.20. The van der Waals surface area contributed by atoms with Crippen LogP contribution in [0.4, 0.5) is 0 Å². The molecule has 0 aliphatic carbocycles. The number of rotatable bonds is 13. The monoisotopic (exact) mass is 403 g/mol. The summed E-state index contributed by atoms with van der Waals surface area (Å²) in [4.78, 5) is 47.5. The van der Waals surface area contributed by atoms with Gasteiger partial charge in [0.05, 0.1) is 21.1 Å². The second kappa shape index (κ2) is 13.9. The number of hydrogen-bond donors (Lipinski definition) is 4. The van der Waals surface area contributed by atoms with Crippen molar-refractivity contribution in [1.29, 1.82) is 0 Å². The van der Waals surface area contributed by atoms with Crippen molar-refractivity contribution in [3.63, 3.8) is 0 Å². The lowest BCUT2D eigenvalue weighted by molar-refractivity contribution is -0.131. The standard InChI is InChI=1S/C18H34N4O6/c1-18(2,3)10-15(24)19-7-6-14(23)21-11-16(25)22-13(12-28-5)17(26)20-8-9-27-4/h13H,6-12H2,1-5H3,(H,19,24)(H,20,26)(H,21,23)(H,22,25)/i5D. The predicted octanol–water partition coefficient (Wildman–Crippen LogP) is -1.06. The molecule has 10 heteroatoms. The lowest BCUT2D eigenvalue weighted by Gasteiger charge is -2.18. The Morgan fingerprint density at radius 2 is 1.68 bits per heavy atom. The fourth-order valence-electron chi connectivity index (χ4n) is 2.07. The molecule has 0 aliphatic rings. The first-order valence-electron chi connectivity index (χ1n) is 9.76. The fourth-order valence-corrected chi connectivity index (χ4v) is 2.07. The maximum Gasteiger partial charge on any atom is 0.245 e. The topological polar surface area (TPSA) is 135 Å². The third-order valence-electron chi connectivity index (χ3n) is 3.35. The number of methoxy groups -OCH3 is 2. The highest BCUT2D eigenvalue weighted by molar-refractivity contribution is 5.90. The Morgan fingerprint density at radius 3 is 2.29 bits per heavy atom. The summed E-state index contributed by atoms with van der Waals surface area (Å²) < 4.78 is 16.7. The van der Waals surface area contributed by atoms with E-state index >= 15 is 0 Å². The Labute approximate surface area is 167 Å². The van der Waals surface area contributed by atoms with E-state index in [-0.39, 0.29) is 51.1 Å². The molecule has 4 N–H and O–H groups in total. The predicted molar refractivity (Wildman–Crippen MR) is 103 cm³/mol. The van der Waals surface area contributed by atoms with Gasteiger partial charge in [-0.2, -0.15) is 0 Å². The summed E-state index contributed by atoms with van der Waals surface area (Å²) in [6, 6.07) is -0.988. The van der Waals surface area contributed by atoms with Crippen molar-refractivity contribution in [2.24, 2.45) is 5.41 Å². The Morgan fingerprint density at radius 1 is 0.964 bits per heavy atom. The first kappa shape index (κ1) is 23.8. The lowest BCUT2D eigenvalue weighted by Crippen LogP contribution is -2.52. The van der Waals surface area contributed by atoms with E-state index in [1.807, 2.05) is 20.8 Å². The van der Waals surface area contributed by atoms with E-state index in [1.54, 1.807) is 0 Å². The van der Waals surface area contributed by atoms with Crippen molar-refractivity contribution in [1.82, 2.24) is 21.3 Å². The van der Waals surface area contributed by atoms with E-state index in [4.69, 9.17) is 10.8 Å². The summed E-state index contributed by atoms with van der Waals surface area (Å²) in [5.41, 5.74) is -0.138. The summed E-state index contributed by atoms with van der Waals surface area (Å²) in [7, 11) is 1.14. The summed E-state index contributed by atoms with van der Waals surface area (Å²) in [5.74, 6) is -1.59. The maximum atomic E-state index is 12.1. The molecule has 0 saturated heterocycles. The molecule has 0 aromatic heterocycles. The Bertz CT molecular complexity index is 539. The first-order valence-corrected chi connectivity index (χ1v) is 9.05. The van der Waals surface area contributed by atoms with Crippen molar-refractivity contribution < 1.29 is 30.0 Å². The zero-order valence-corrected chi connectivity index (χ0v) is 17.2. The SMILES string of the molecule is [2H]COCC(NC(=O)CNC(=O)CCNC(=O)CC(C)(C)C)C(=O)NCCOC. The third-order valence-corrected chi connectivity index (χ3v) is 3.35. The van der Waals surface area contributed by atoms with E-state index in [9.17, 15) is 19.2 Å². The molecule has 0 saturated carbocycles. The van der Waals surface area contributed by atoms with Crippen LogP contribution in [0.5, 0.6) is 0 Å². The third kappa shape index (κ3) is 13.9. The maximum absolute atomic E-state index is 12.1. The van der Waals surface area contributed by atoms with Gasteiger partial charge in [0.25, 0.3) is 0 Å². The van der Waals surface area contributed by atoms with Crippen molar-refractivity contribution in [3.05, 3.63) is 0 Å². The van der Waals surface area contributed by atoms with Crippen LogP contribution < -0.4 is 21.3 Å². The molecule has 0 aromatic rings. The minimum absolute atomic E-state index is 0.0338. The van der Waals surface area contributed by atoms with Crippen LogP contribution in [-0.2, 0) is 28.7 Å². The molecule has 0 spiro atoms. The van der Waals surface area contributed by atoms with Gasteiger partial charge in [-0.1, -0.05) is 20.8 Å². The number of nitrogens with one attached hydrogen (secondary N) is 4. The van der Waals surface area contributed by atoms with Gasteiger partial charge in [0.2, 0.25) is 23.6 Å². The van der Waals surface area contributed by atoms with Crippen LogP contribution in [0.1, 0.15) is 35.0 Å². The van der Waals surface area contributed by atoms with Crippen LogP contribution in [0.2, 0.25) is 0 Å². The second-order valence-corrected chi connectivity index (χ2v) is 7.39. The Kier molecular flexibility index (Phi) is 11.8. The van der Waals surface area contributed by atoms with Crippen molar-refractivity contribution in [3.8, 4) is 0 Å². The lowest BCUT2D eigenvalue weighted by atomic mass is 9.92. The average Bonchev–Trinajstić information content (AvgIpc) is 2.62. The molecule has 0 radical (unpaired) electrons. The second-order valence-electron chi connectivity index (χ2n) is 7.39. The Hall–Kier alpha value is -2.20. The van der Waals surface area contributed by atoms with Crippen molar-refractivity contribution >= 4 is 23.6 Å². The summed E-state index contributed by atoms with van der Waals surface area (Å²) >= 11 is 0. The molecular formula is C18H34N4O6. The molecular weight excluding hydrogens is 368 g/mol. The summed E-state index contributed by atoms with van der Waals surface area (Å²) in [6.07, 6.45) is 0.386. The minimum Gasteiger partial charge on any atom is -0.383 e. The highest BCUT2D eigenvalue weighted by atomic mass is 16.5. The van der Waals surface area contributed by atoms with Gasteiger partial charge >= 0.3 is 0 Å². The number of ether oxygens (including phenoxy) is 2.